The lowest BCUT2D eigenvalue weighted by molar-refractivity contribution is 0.306. The first-order valence-corrected chi connectivity index (χ1v) is 8.66. The quantitative estimate of drug-likeness (QED) is 0.516. The summed E-state index contributed by atoms with van der Waals surface area (Å²) in [6.07, 6.45) is 0.376. The number of benzene rings is 3. The van der Waals surface area contributed by atoms with Gasteiger partial charge >= 0.3 is 0 Å². The maximum atomic E-state index is 8.38. The lowest BCUT2D eigenvalue weighted by Crippen LogP contribution is -2.05. The lowest BCUT2D eigenvalue weighted by atomic mass is 10.0. The average Bonchev–Trinajstić information content (AvgIpc) is 2.64. The molecule has 3 aromatic carbocycles. The number of hydrogen-bond acceptors (Lipinski definition) is 2. The topological polar surface area (TPSA) is 33.1 Å². The Labute approximate surface area is 157 Å². The smallest absolute Gasteiger partial charge is 0.120 e. The van der Waals surface area contributed by atoms with Gasteiger partial charge in [-0.2, -0.15) is 0 Å². The van der Waals surface area contributed by atoms with Gasteiger partial charge in [-0.15, -0.1) is 0 Å². The molecule has 0 saturated carbocycles. The van der Waals surface area contributed by atoms with E-state index in [0.29, 0.717) is 28.8 Å². The molecule has 3 rings (SSSR count). The number of nitrogens with one attached hydrogen (secondary N) is 1. The van der Waals surface area contributed by atoms with Gasteiger partial charge in [-0.1, -0.05) is 71.7 Å². The molecule has 0 unspecified atom stereocenters. The zero-order chi connectivity index (χ0) is 17.6. The van der Waals surface area contributed by atoms with Crippen molar-refractivity contribution in [1.82, 2.24) is 0 Å². The summed E-state index contributed by atoms with van der Waals surface area (Å²) in [5.74, 6) is 0.733. The molecule has 0 aliphatic rings. The van der Waals surface area contributed by atoms with E-state index in [0.717, 1.165) is 22.4 Å². The molecule has 0 aliphatic carbocycles. The zero-order valence-corrected chi connectivity index (χ0v) is 15.0. The fourth-order valence-electron chi connectivity index (χ4n) is 2.49. The molecule has 2 nitrogen and oxygen atoms in total. The summed E-state index contributed by atoms with van der Waals surface area (Å²) in [6.45, 7) is 0.494. The molecule has 0 aliphatic heterocycles. The van der Waals surface area contributed by atoms with Gasteiger partial charge in [0, 0.05) is 22.2 Å². The first-order valence-electron chi connectivity index (χ1n) is 7.91. The Kier molecular flexibility index (Phi) is 5.75. The molecular formula is C21H17Cl2NO. The molecule has 1 N–H and O–H groups in total. The molecule has 3 aromatic rings. The van der Waals surface area contributed by atoms with E-state index in [1.165, 1.54) is 0 Å². The fourth-order valence-corrected chi connectivity index (χ4v) is 3.03. The van der Waals surface area contributed by atoms with E-state index in [9.17, 15) is 0 Å². The number of rotatable bonds is 6. The first-order chi connectivity index (χ1) is 12.1. The van der Waals surface area contributed by atoms with Crippen LogP contribution in [0, 0.1) is 5.41 Å². The third-order valence-electron chi connectivity index (χ3n) is 3.85. The van der Waals surface area contributed by atoms with E-state index in [4.69, 9.17) is 33.3 Å². The van der Waals surface area contributed by atoms with Crippen LogP contribution in [-0.4, -0.2) is 5.71 Å². The summed E-state index contributed by atoms with van der Waals surface area (Å²) in [7, 11) is 0. The summed E-state index contributed by atoms with van der Waals surface area (Å²) in [6, 6.07) is 22.9. The second kappa shape index (κ2) is 8.19. The summed E-state index contributed by atoms with van der Waals surface area (Å²) in [5, 5.41) is 9.54. The third kappa shape index (κ3) is 4.62. The van der Waals surface area contributed by atoms with E-state index in [1.807, 2.05) is 54.6 Å². The van der Waals surface area contributed by atoms with Crippen molar-refractivity contribution in [3.05, 3.63) is 99.5 Å². The number of halogens is 2. The molecule has 0 saturated heterocycles. The second-order valence-electron chi connectivity index (χ2n) is 5.66. The highest BCUT2D eigenvalue weighted by Gasteiger charge is 2.10. The predicted molar refractivity (Wildman–Crippen MR) is 104 cm³/mol. The van der Waals surface area contributed by atoms with E-state index < -0.39 is 0 Å². The lowest BCUT2D eigenvalue weighted by Gasteiger charge is -2.11. The van der Waals surface area contributed by atoms with E-state index in [2.05, 4.69) is 0 Å². The van der Waals surface area contributed by atoms with Crippen molar-refractivity contribution in [1.29, 1.82) is 5.41 Å². The molecule has 0 aromatic heterocycles. The molecule has 25 heavy (non-hydrogen) atoms. The summed E-state index contributed by atoms with van der Waals surface area (Å²) >= 11 is 12.4. The van der Waals surface area contributed by atoms with Crippen LogP contribution in [-0.2, 0) is 13.0 Å². The van der Waals surface area contributed by atoms with Crippen molar-refractivity contribution >= 4 is 28.9 Å². The van der Waals surface area contributed by atoms with Crippen LogP contribution >= 0.6 is 23.2 Å². The Morgan fingerprint density at radius 3 is 2.24 bits per heavy atom. The predicted octanol–water partition coefficient (Wildman–Crippen LogP) is 6.18. The maximum absolute atomic E-state index is 8.38. The number of ether oxygens (including phenoxy) is 1. The number of hydrogen-bond donors (Lipinski definition) is 1. The highest BCUT2D eigenvalue weighted by atomic mass is 35.5. The minimum absolute atomic E-state index is 0.376. The van der Waals surface area contributed by atoms with Crippen LogP contribution in [0.2, 0.25) is 10.0 Å². The molecule has 0 amide bonds. The molecule has 126 valence electrons. The average molecular weight is 370 g/mol. The summed E-state index contributed by atoms with van der Waals surface area (Å²) in [5.41, 5.74) is 3.11. The van der Waals surface area contributed by atoms with Gasteiger partial charge in [0.1, 0.15) is 12.4 Å². The second-order valence-corrected chi connectivity index (χ2v) is 6.47. The van der Waals surface area contributed by atoms with Crippen LogP contribution in [0.3, 0.4) is 0 Å². The van der Waals surface area contributed by atoms with Crippen LogP contribution in [0.15, 0.2) is 72.8 Å². The molecule has 0 bridgehead atoms. The van der Waals surface area contributed by atoms with E-state index in [-0.39, 0.29) is 0 Å². The highest BCUT2D eigenvalue weighted by molar-refractivity contribution is 6.36. The van der Waals surface area contributed by atoms with Gasteiger partial charge in [0.25, 0.3) is 0 Å². The molecule has 0 heterocycles. The Bertz CT molecular complexity index is 858. The van der Waals surface area contributed by atoms with Gasteiger partial charge in [0.2, 0.25) is 0 Å². The largest absolute Gasteiger partial charge is 0.489 e. The monoisotopic (exact) mass is 369 g/mol. The van der Waals surface area contributed by atoms with Crippen LogP contribution in [0.25, 0.3) is 0 Å². The van der Waals surface area contributed by atoms with E-state index in [1.54, 1.807) is 18.2 Å². The minimum Gasteiger partial charge on any atom is -0.489 e. The van der Waals surface area contributed by atoms with Crippen molar-refractivity contribution in [3.63, 3.8) is 0 Å². The van der Waals surface area contributed by atoms with Crippen LogP contribution in [0.4, 0.5) is 0 Å². The van der Waals surface area contributed by atoms with Crippen LogP contribution < -0.4 is 4.74 Å². The molecule has 4 heteroatoms. The molecular weight excluding hydrogens is 353 g/mol. The molecule has 0 radical (unpaired) electrons. The Morgan fingerprint density at radius 1 is 0.840 bits per heavy atom. The van der Waals surface area contributed by atoms with Crippen LogP contribution in [0.5, 0.6) is 5.75 Å². The van der Waals surface area contributed by atoms with Crippen molar-refractivity contribution in [2.24, 2.45) is 0 Å². The van der Waals surface area contributed by atoms with Crippen molar-refractivity contribution < 1.29 is 4.74 Å². The maximum Gasteiger partial charge on any atom is 0.120 e. The van der Waals surface area contributed by atoms with Gasteiger partial charge in [-0.3, -0.25) is 0 Å². The Balaban J connectivity index is 1.71. The van der Waals surface area contributed by atoms with Gasteiger partial charge in [-0.05, 0) is 41.0 Å². The summed E-state index contributed by atoms with van der Waals surface area (Å²) < 4.78 is 5.83. The molecule has 0 atom stereocenters. The van der Waals surface area contributed by atoms with Gasteiger partial charge in [-0.25, -0.2) is 0 Å². The summed E-state index contributed by atoms with van der Waals surface area (Å²) in [4.78, 5) is 0. The minimum atomic E-state index is 0.376. The Morgan fingerprint density at radius 2 is 1.52 bits per heavy atom. The SMILES string of the molecule is N=C(Cc1c(Cl)cccc1Cl)c1cccc(OCc2ccccc2)c1. The van der Waals surface area contributed by atoms with Gasteiger partial charge in [0.05, 0.1) is 0 Å². The molecule has 0 fully saturated rings. The van der Waals surface area contributed by atoms with E-state index >= 15 is 0 Å². The fraction of sp³-hybridized carbons (Fsp3) is 0.0952. The third-order valence-corrected chi connectivity index (χ3v) is 4.55. The first kappa shape index (κ1) is 17.5. The van der Waals surface area contributed by atoms with Crippen molar-refractivity contribution in [2.75, 3.05) is 0 Å². The van der Waals surface area contributed by atoms with Gasteiger partial charge in [0.15, 0.2) is 0 Å². The standard InChI is InChI=1S/C21H17Cl2NO/c22-19-10-5-11-20(23)18(19)13-21(24)16-8-4-9-17(12-16)25-14-15-6-2-1-3-7-15/h1-12,24H,13-14H2. The van der Waals surface area contributed by atoms with Crippen molar-refractivity contribution in [3.8, 4) is 5.75 Å². The van der Waals surface area contributed by atoms with Crippen LogP contribution in [0.1, 0.15) is 16.7 Å². The Hall–Kier alpha value is -2.29. The van der Waals surface area contributed by atoms with Gasteiger partial charge < -0.3 is 10.1 Å². The highest BCUT2D eigenvalue weighted by Crippen LogP contribution is 2.26. The van der Waals surface area contributed by atoms with Crippen molar-refractivity contribution in [2.45, 2.75) is 13.0 Å². The normalized spacial score (nSPS) is 10.5. The zero-order valence-electron chi connectivity index (χ0n) is 13.5. The molecule has 0 spiro atoms.